The molecular weight excluding hydrogens is 439 g/mol. The largest absolute Gasteiger partial charge is 0.487 e. The number of benzene rings is 2. The fourth-order valence-corrected chi connectivity index (χ4v) is 3.57. The lowest BCUT2D eigenvalue weighted by atomic mass is 10.1. The summed E-state index contributed by atoms with van der Waals surface area (Å²) in [5.74, 6) is 0.591. The van der Waals surface area contributed by atoms with Crippen LogP contribution >= 0.6 is 23.4 Å². The van der Waals surface area contributed by atoms with Gasteiger partial charge in [-0.05, 0) is 79.3 Å². The fraction of sp³-hybridized carbons (Fsp3) is 0.0870. The first-order valence-electron chi connectivity index (χ1n) is 9.27. The lowest BCUT2D eigenvalue weighted by Gasteiger charge is -2.06. The second-order valence-corrected chi connectivity index (χ2v) is 7.98. The molecule has 0 radical (unpaired) electrons. The van der Waals surface area contributed by atoms with Crippen molar-refractivity contribution in [2.75, 3.05) is 0 Å². The van der Waals surface area contributed by atoms with Crippen LogP contribution in [0.2, 0.25) is 5.02 Å². The van der Waals surface area contributed by atoms with Gasteiger partial charge in [-0.1, -0.05) is 11.6 Å². The third-order valence-electron chi connectivity index (χ3n) is 4.29. The van der Waals surface area contributed by atoms with Crippen molar-refractivity contribution < 1.29 is 18.3 Å². The number of ether oxygens (including phenoxy) is 1. The molecule has 8 heteroatoms. The summed E-state index contributed by atoms with van der Waals surface area (Å²) in [5.41, 5.74) is 1.82. The molecule has 156 valence electrons. The molecule has 4 rings (SSSR count). The molecule has 2 aromatic heterocycles. The van der Waals surface area contributed by atoms with Gasteiger partial charge in [0.05, 0.1) is 5.02 Å². The third kappa shape index (κ3) is 5.31. The van der Waals surface area contributed by atoms with E-state index in [-0.39, 0.29) is 18.2 Å². The van der Waals surface area contributed by atoms with E-state index in [1.54, 1.807) is 54.7 Å². The van der Waals surface area contributed by atoms with E-state index in [0.29, 0.717) is 43.6 Å². The Balaban J connectivity index is 1.59. The monoisotopic (exact) mass is 454 g/mol. The van der Waals surface area contributed by atoms with Crippen molar-refractivity contribution in [1.82, 2.24) is 9.97 Å². The molecule has 31 heavy (non-hydrogen) atoms. The number of Topliss-reactive ketones (excluding diaryl/α,β-unsaturated/α-hetero) is 1. The first-order valence-corrected chi connectivity index (χ1v) is 10.5. The molecular formula is C23H16ClFN2O3S. The van der Waals surface area contributed by atoms with E-state index in [1.165, 1.54) is 30.8 Å². The summed E-state index contributed by atoms with van der Waals surface area (Å²) in [6.07, 6.45) is 1.55. The van der Waals surface area contributed by atoms with Gasteiger partial charge in [0.2, 0.25) is 5.89 Å². The van der Waals surface area contributed by atoms with Crippen molar-refractivity contribution in [1.29, 1.82) is 0 Å². The van der Waals surface area contributed by atoms with Crippen LogP contribution < -0.4 is 4.74 Å². The number of aromatic nitrogens is 2. The van der Waals surface area contributed by atoms with Gasteiger partial charge < -0.3 is 9.15 Å². The number of nitrogens with zero attached hydrogens (tertiary/aromatic N) is 2. The number of rotatable bonds is 7. The van der Waals surface area contributed by atoms with Gasteiger partial charge in [0.15, 0.2) is 10.9 Å². The van der Waals surface area contributed by atoms with Crippen molar-refractivity contribution in [3.8, 4) is 17.2 Å². The highest BCUT2D eigenvalue weighted by molar-refractivity contribution is 7.99. The summed E-state index contributed by atoms with van der Waals surface area (Å²) >= 11 is 7.20. The Labute approximate surface area is 187 Å². The number of pyridine rings is 1. The molecule has 0 aliphatic heterocycles. The second kappa shape index (κ2) is 9.32. The Hall–Kier alpha value is -3.16. The molecule has 0 bridgehead atoms. The van der Waals surface area contributed by atoms with Crippen LogP contribution in [0.1, 0.15) is 23.0 Å². The van der Waals surface area contributed by atoms with Crippen LogP contribution in [0, 0.1) is 5.82 Å². The summed E-state index contributed by atoms with van der Waals surface area (Å²) in [6, 6.07) is 16.3. The van der Waals surface area contributed by atoms with Crippen LogP contribution in [0.4, 0.5) is 4.39 Å². The maximum absolute atomic E-state index is 13.3. The van der Waals surface area contributed by atoms with Crippen LogP contribution in [0.3, 0.4) is 0 Å². The summed E-state index contributed by atoms with van der Waals surface area (Å²) in [7, 11) is 0. The van der Waals surface area contributed by atoms with E-state index in [1.807, 2.05) is 0 Å². The van der Waals surface area contributed by atoms with Gasteiger partial charge in [-0.15, -0.1) is 0 Å². The SMILES string of the molecule is CC(=O)c1ccc(OCc2nc(-c3ccc(F)cc3)oc2Sc2ccc(Cl)cn2)cc1. The number of carbonyl (C=O) groups excluding carboxylic acids is 1. The second-order valence-electron chi connectivity index (χ2n) is 6.55. The maximum atomic E-state index is 13.3. The maximum Gasteiger partial charge on any atom is 0.227 e. The van der Waals surface area contributed by atoms with Crippen molar-refractivity contribution in [3.05, 3.63) is 89.0 Å². The summed E-state index contributed by atoms with van der Waals surface area (Å²) in [6.45, 7) is 1.65. The first kappa shape index (κ1) is 21.1. The molecule has 0 saturated heterocycles. The van der Waals surface area contributed by atoms with Gasteiger partial charge in [-0.25, -0.2) is 14.4 Å². The minimum absolute atomic E-state index is 0.0128. The molecule has 2 heterocycles. The topological polar surface area (TPSA) is 65.2 Å². The Bertz CT molecular complexity index is 1190. The predicted molar refractivity (Wildman–Crippen MR) is 116 cm³/mol. The van der Waals surface area contributed by atoms with Gasteiger partial charge in [0, 0.05) is 17.3 Å². The first-order chi connectivity index (χ1) is 15.0. The molecule has 0 fully saturated rings. The average Bonchev–Trinajstić information content (AvgIpc) is 3.17. The van der Waals surface area contributed by atoms with Gasteiger partial charge in [-0.3, -0.25) is 4.79 Å². The lowest BCUT2D eigenvalue weighted by Crippen LogP contribution is -1.98. The van der Waals surface area contributed by atoms with Gasteiger partial charge >= 0.3 is 0 Å². The highest BCUT2D eigenvalue weighted by Crippen LogP contribution is 2.34. The minimum Gasteiger partial charge on any atom is -0.487 e. The van der Waals surface area contributed by atoms with Crippen LogP contribution in [-0.4, -0.2) is 15.8 Å². The number of carbonyl (C=O) groups is 1. The minimum atomic E-state index is -0.340. The van der Waals surface area contributed by atoms with E-state index in [4.69, 9.17) is 20.8 Å². The van der Waals surface area contributed by atoms with Crippen LogP contribution in [0.5, 0.6) is 5.75 Å². The summed E-state index contributed by atoms with van der Waals surface area (Å²) in [5, 5.41) is 1.72. The Morgan fingerprint density at radius 2 is 1.84 bits per heavy atom. The van der Waals surface area contributed by atoms with E-state index in [9.17, 15) is 9.18 Å². The van der Waals surface area contributed by atoms with E-state index >= 15 is 0 Å². The molecule has 0 unspecified atom stereocenters. The zero-order chi connectivity index (χ0) is 21.8. The number of ketones is 1. The molecule has 0 N–H and O–H groups in total. The molecule has 0 spiro atoms. The highest BCUT2D eigenvalue weighted by atomic mass is 35.5. The predicted octanol–water partition coefficient (Wildman–Crippen LogP) is 6.46. The highest BCUT2D eigenvalue weighted by Gasteiger charge is 2.17. The average molecular weight is 455 g/mol. The molecule has 2 aromatic carbocycles. The molecule has 0 aliphatic carbocycles. The Kier molecular flexibility index (Phi) is 6.34. The number of hydrogen-bond acceptors (Lipinski definition) is 6. The number of hydrogen-bond donors (Lipinski definition) is 0. The molecule has 0 atom stereocenters. The number of halogens is 2. The number of oxazole rings is 1. The van der Waals surface area contributed by atoms with Crippen molar-refractivity contribution in [2.45, 2.75) is 23.6 Å². The van der Waals surface area contributed by atoms with Crippen LogP contribution in [-0.2, 0) is 6.61 Å². The Morgan fingerprint density at radius 3 is 2.48 bits per heavy atom. The fourth-order valence-electron chi connectivity index (χ4n) is 2.68. The molecule has 0 amide bonds. The molecule has 5 nitrogen and oxygen atoms in total. The van der Waals surface area contributed by atoms with Crippen LogP contribution in [0.15, 0.2) is 81.4 Å². The Morgan fingerprint density at radius 1 is 1.10 bits per heavy atom. The van der Waals surface area contributed by atoms with E-state index in [0.717, 1.165) is 0 Å². The van der Waals surface area contributed by atoms with Crippen molar-refractivity contribution in [3.63, 3.8) is 0 Å². The molecule has 0 aliphatic rings. The third-order valence-corrected chi connectivity index (χ3v) is 5.47. The van der Waals surface area contributed by atoms with Gasteiger partial charge in [0.1, 0.15) is 28.9 Å². The quantitative estimate of drug-likeness (QED) is 0.298. The lowest BCUT2D eigenvalue weighted by molar-refractivity contribution is 0.101. The molecule has 0 saturated carbocycles. The van der Waals surface area contributed by atoms with Gasteiger partial charge in [-0.2, -0.15) is 0 Å². The standard InChI is InChI=1S/C23H16ClFN2O3S/c1-14(28)15-4-9-19(10-5-15)29-13-20-23(31-21-11-6-17(24)12-26-21)30-22(27-20)16-2-7-18(25)8-3-16/h2-12H,13H2,1H3. The smallest absolute Gasteiger partial charge is 0.227 e. The summed E-state index contributed by atoms with van der Waals surface area (Å²) < 4.78 is 25.1. The summed E-state index contributed by atoms with van der Waals surface area (Å²) in [4.78, 5) is 20.2. The normalized spacial score (nSPS) is 10.8. The molecule has 4 aromatic rings. The van der Waals surface area contributed by atoms with Crippen molar-refractivity contribution in [2.24, 2.45) is 0 Å². The zero-order valence-corrected chi connectivity index (χ0v) is 17.9. The zero-order valence-electron chi connectivity index (χ0n) is 16.3. The van der Waals surface area contributed by atoms with E-state index in [2.05, 4.69) is 9.97 Å². The van der Waals surface area contributed by atoms with Crippen molar-refractivity contribution >= 4 is 29.1 Å². The van der Waals surface area contributed by atoms with E-state index < -0.39 is 0 Å². The van der Waals surface area contributed by atoms with Crippen LogP contribution in [0.25, 0.3) is 11.5 Å². The van der Waals surface area contributed by atoms with Gasteiger partial charge in [0.25, 0.3) is 0 Å².